The Hall–Kier alpha value is -1.60. The normalized spacial score (nSPS) is 14.1. The predicted molar refractivity (Wildman–Crippen MR) is 77.0 cm³/mol. The van der Waals surface area contributed by atoms with E-state index in [9.17, 15) is 0 Å². The van der Waals surface area contributed by atoms with Crippen molar-refractivity contribution in [1.29, 1.82) is 0 Å². The van der Waals surface area contributed by atoms with Gasteiger partial charge in [0.15, 0.2) is 0 Å². The van der Waals surface area contributed by atoms with E-state index >= 15 is 0 Å². The molecule has 0 heterocycles. The zero-order chi connectivity index (χ0) is 12.5. The van der Waals surface area contributed by atoms with Crippen LogP contribution in [0.15, 0.2) is 42.5 Å². The fourth-order valence-electron chi connectivity index (χ4n) is 2.90. The quantitative estimate of drug-likeness (QED) is 0.734. The summed E-state index contributed by atoms with van der Waals surface area (Å²) in [5, 5.41) is 3.25. The molecule has 0 spiro atoms. The highest BCUT2D eigenvalue weighted by Gasteiger charge is 2.18. The molecule has 0 saturated carbocycles. The molecule has 0 aromatic heterocycles. The van der Waals surface area contributed by atoms with Gasteiger partial charge in [0.25, 0.3) is 0 Å². The minimum absolute atomic E-state index is 0.573. The highest BCUT2D eigenvalue weighted by molar-refractivity contribution is 5.76. The average Bonchev–Trinajstić information content (AvgIpc) is 2.76. The molecule has 0 fully saturated rings. The highest BCUT2D eigenvalue weighted by atomic mass is 14.8. The molecule has 1 heteroatoms. The first kappa shape index (κ1) is 11.5. The van der Waals surface area contributed by atoms with Crippen molar-refractivity contribution in [2.45, 2.75) is 19.3 Å². The third kappa shape index (κ3) is 1.85. The molecular weight excluding hydrogens is 218 g/mol. The van der Waals surface area contributed by atoms with E-state index < -0.39 is 0 Å². The molecule has 1 aliphatic carbocycles. The molecule has 18 heavy (non-hydrogen) atoms. The van der Waals surface area contributed by atoms with Gasteiger partial charge >= 0.3 is 0 Å². The van der Waals surface area contributed by atoms with E-state index in [0.717, 1.165) is 13.0 Å². The van der Waals surface area contributed by atoms with Crippen molar-refractivity contribution in [3.8, 4) is 11.1 Å². The predicted octanol–water partition coefficient (Wildman–Crippen LogP) is 3.58. The molecule has 0 aliphatic heterocycles. The number of benzene rings is 2. The van der Waals surface area contributed by atoms with Crippen LogP contribution >= 0.6 is 0 Å². The lowest BCUT2D eigenvalue weighted by atomic mass is 9.96. The van der Waals surface area contributed by atoms with E-state index in [1.807, 2.05) is 7.05 Å². The Morgan fingerprint density at radius 3 is 2.67 bits per heavy atom. The molecular formula is C17H19N. The molecule has 0 bridgehead atoms. The fraction of sp³-hybridized carbons (Fsp3) is 0.294. The van der Waals surface area contributed by atoms with Crippen LogP contribution in [0.4, 0.5) is 0 Å². The number of hydrogen-bond donors (Lipinski definition) is 1. The summed E-state index contributed by atoms with van der Waals surface area (Å²) in [5.41, 5.74) is 7.23. The molecule has 0 radical (unpaired) electrons. The minimum atomic E-state index is 0.573. The first-order valence-electron chi connectivity index (χ1n) is 6.65. The van der Waals surface area contributed by atoms with Gasteiger partial charge < -0.3 is 5.32 Å². The number of rotatable bonds is 3. The second-order valence-electron chi connectivity index (χ2n) is 5.21. The van der Waals surface area contributed by atoms with Crippen LogP contribution in [0.1, 0.15) is 29.5 Å². The van der Waals surface area contributed by atoms with Crippen molar-refractivity contribution in [3.63, 3.8) is 0 Å². The second-order valence-corrected chi connectivity index (χ2v) is 5.21. The number of hydrogen-bond acceptors (Lipinski definition) is 1. The topological polar surface area (TPSA) is 12.0 Å². The summed E-state index contributed by atoms with van der Waals surface area (Å²) in [6, 6.07) is 15.7. The second kappa shape index (κ2) is 4.58. The van der Waals surface area contributed by atoms with E-state index in [1.165, 1.54) is 27.8 Å². The number of likely N-dealkylation sites (N-methyl/N-ethyl adjacent to an activating group) is 1. The van der Waals surface area contributed by atoms with Gasteiger partial charge in [0.05, 0.1) is 0 Å². The van der Waals surface area contributed by atoms with Gasteiger partial charge in [-0.15, -0.1) is 0 Å². The largest absolute Gasteiger partial charge is 0.319 e. The molecule has 1 aliphatic rings. The Morgan fingerprint density at radius 1 is 1.06 bits per heavy atom. The maximum absolute atomic E-state index is 3.25. The Balaban J connectivity index is 1.98. The zero-order valence-corrected chi connectivity index (χ0v) is 11.0. The third-order valence-corrected chi connectivity index (χ3v) is 3.90. The number of fused-ring (bicyclic) bond motifs is 3. The van der Waals surface area contributed by atoms with Gasteiger partial charge in [-0.2, -0.15) is 0 Å². The van der Waals surface area contributed by atoms with Crippen LogP contribution in [0.5, 0.6) is 0 Å². The molecule has 2 aromatic rings. The average molecular weight is 237 g/mol. The number of nitrogens with one attached hydrogen (secondary N) is 1. The van der Waals surface area contributed by atoms with Crippen molar-refractivity contribution < 1.29 is 0 Å². The summed E-state index contributed by atoms with van der Waals surface area (Å²) in [5.74, 6) is 0.573. The van der Waals surface area contributed by atoms with E-state index in [0.29, 0.717) is 5.92 Å². The van der Waals surface area contributed by atoms with Crippen LogP contribution in [-0.2, 0) is 6.42 Å². The van der Waals surface area contributed by atoms with Gasteiger partial charge in [-0.05, 0) is 47.2 Å². The van der Waals surface area contributed by atoms with E-state index in [4.69, 9.17) is 0 Å². The maximum Gasteiger partial charge on any atom is 0.00144 e. The van der Waals surface area contributed by atoms with Crippen LogP contribution in [-0.4, -0.2) is 13.6 Å². The van der Waals surface area contributed by atoms with Crippen LogP contribution in [0.3, 0.4) is 0 Å². The Labute approximate surface area is 109 Å². The molecule has 1 unspecified atom stereocenters. The Kier molecular flexibility index (Phi) is 2.92. The summed E-state index contributed by atoms with van der Waals surface area (Å²) in [6.45, 7) is 3.31. The van der Waals surface area contributed by atoms with Crippen LogP contribution in [0.2, 0.25) is 0 Å². The molecule has 3 rings (SSSR count). The summed E-state index contributed by atoms with van der Waals surface area (Å²) < 4.78 is 0. The van der Waals surface area contributed by atoms with E-state index in [1.54, 1.807) is 0 Å². The standard InChI is InChI=1S/C17H19N/c1-12(11-18-2)13-7-8-17-15(9-13)10-14-5-3-4-6-16(14)17/h3-9,12,18H,10-11H2,1-2H3. The van der Waals surface area contributed by atoms with Crippen molar-refractivity contribution in [1.82, 2.24) is 5.32 Å². The minimum Gasteiger partial charge on any atom is -0.319 e. The monoisotopic (exact) mass is 237 g/mol. The molecule has 92 valence electrons. The fourth-order valence-corrected chi connectivity index (χ4v) is 2.90. The van der Waals surface area contributed by atoms with Crippen molar-refractivity contribution in [2.24, 2.45) is 0 Å². The molecule has 2 aromatic carbocycles. The summed E-state index contributed by atoms with van der Waals surface area (Å²) in [4.78, 5) is 0. The van der Waals surface area contributed by atoms with Crippen molar-refractivity contribution >= 4 is 0 Å². The summed E-state index contributed by atoms with van der Waals surface area (Å²) in [6.07, 6.45) is 1.09. The lowest BCUT2D eigenvalue weighted by Gasteiger charge is -2.12. The molecule has 0 saturated heterocycles. The van der Waals surface area contributed by atoms with E-state index in [-0.39, 0.29) is 0 Å². The maximum atomic E-state index is 3.25. The SMILES string of the molecule is CNCC(C)c1ccc2c(c1)Cc1ccccc1-2. The van der Waals surface area contributed by atoms with Crippen LogP contribution in [0, 0.1) is 0 Å². The summed E-state index contributed by atoms with van der Waals surface area (Å²) >= 11 is 0. The molecule has 0 amide bonds. The third-order valence-electron chi connectivity index (χ3n) is 3.90. The molecule has 1 atom stereocenters. The first-order valence-corrected chi connectivity index (χ1v) is 6.65. The van der Waals surface area contributed by atoms with Crippen LogP contribution < -0.4 is 5.32 Å². The molecule has 1 nitrogen and oxygen atoms in total. The smallest absolute Gasteiger partial charge is 0.00144 e. The summed E-state index contributed by atoms with van der Waals surface area (Å²) in [7, 11) is 2.01. The van der Waals surface area contributed by atoms with Gasteiger partial charge in [0.1, 0.15) is 0 Å². The van der Waals surface area contributed by atoms with Gasteiger partial charge in [-0.25, -0.2) is 0 Å². The zero-order valence-electron chi connectivity index (χ0n) is 11.0. The van der Waals surface area contributed by atoms with E-state index in [2.05, 4.69) is 54.7 Å². The molecule has 1 N–H and O–H groups in total. The van der Waals surface area contributed by atoms with Crippen molar-refractivity contribution in [3.05, 3.63) is 59.2 Å². The lowest BCUT2D eigenvalue weighted by Crippen LogP contribution is -2.14. The van der Waals surface area contributed by atoms with Crippen LogP contribution in [0.25, 0.3) is 11.1 Å². The van der Waals surface area contributed by atoms with Gasteiger partial charge in [0.2, 0.25) is 0 Å². The van der Waals surface area contributed by atoms with Gasteiger partial charge in [-0.1, -0.05) is 49.4 Å². The Morgan fingerprint density at radius 2 is 1.83 bits per heavy atom. The highest BCUT2D eigenvalue weighted by Crippen LogP contribution is 2.37. The van der Waals surface area contributed by atoms with Gasteiger partial charge in [-0.3, -0.25) is 0 Å². The first-order chi connectivity index (χ1) is 8.79. The lowest BCUT2D eigenvalue weighted by molar-refractivity contribution is 0.677. The van der Waals surface area contributed by atoms with Gasteiger partial charge in [0, 0.05) is 6.54 Å². The Bertz CT molecular complexity index is 572. The van der Waals surface area contributed by atoms with Crippen molar-refractivity contribution in [2.75, 3.05) is 13.6 Å².